The summed E-state index contributed by atoms with van der Waals surface area (Å²) in [4.78, 5) is 11.8. The Bertz CT molecular complexity index is 638. The highest BCUT2D eigenvalue weighted by molar-refractivity contribution is 7.89. The number of nitrogens with zero attached hydrogens (tertiary/aromatic N) is 1. The van der Waals surface area contributed by atoms with E-state index in [1.165, 1.54) is 17.5 Å². The van der Waals surface area contributed by atoms with Crippen LogP contribution in [0.3, 0.4) is 0 Å². The SMILES string of the molecule is CCN(C1CNC1)S(=O)(=O)c1cc(C(=O)OC)ccc1C. The zero-order valence-corrected chi connectivity index (χ0v) is 13.2. The van der Waals surface area contributed by atoms with Crippen LogP contribution in [0.15, 0.2) is 23.1 Å². The van der Waals surface area contributed by atoms with Gasteiger partial charge < -0.3 is 10.1 Å². The molecule has 2 rings (SSSR count). The molecule has 0 saturated carbocycles. The Kier molecular flexibility index (Phi) is 4.65. The number of hydrogen-bond acceptors (Lipinski definition) is 5. The van der Waals surface area contributed by atoms with Gasteiger partial charge in [-0.1, -0.05) is 13.0 Å². The summed E-state index contributed by atoms with van der Waals surface area (Å²) in [6.45, 7) is 5.25. The first-order valence-corrected chi connectivity index (χ1v) is 8.27. The third-order valence-electron chi connectivity index (χ3n) is 3.67. The van der Waals surface area contributed by atoms with Gasteiger partial charge in [-0.2, -0.15) is 4.31 Å². The van der Waals surface area contributed by atoms with Gasteiger partial charge in [-0.05, 0) is 24.6 Å². The van der Waals surface area contributed by atoms with Gasteiger partial charge in [-0.3, -0.25) is 0 Å². The van der Waals surface area contributed by atoms with Crippen LogP contribution in [0.1, 0.15) is 22.8 Å². The molecule has 116 valence electrons. The number of methoxy groups -OCH3 is 1. The largest absolute Gasteiger partial charge is 0.465 e. The summed E-state index contributed by atoms with van der Waals surface area (Å²) in [5, 5.41) is 3.07. The molecule has 0 unspecified atom stereocenters. The first-order valence-electron chi connectivity index (χ1n) is 6.83. The highest BCUT2D eigenvalue weighted by Gasteiger charge is 2.34. The monoisotopic (exact) mass is 312 g/mol. The smallest absolute Gasteiger partial charge is 0.337 e. The normalized spacial score (nSPS) is 15.8. The van der Waals surface area contributed by atoms with Gasteiger partial charge in [-0.15, -0.1) is 0 Å². The van der Waals surface area contributed by atoms with Gasteiger partial charge in [0.15, 0.2) is 0 Å². The lowest BCUT2D eigenvalue weighted by molar-refractivity contribution is 0.0600. The Morgan fingerprint density at radius 3 is 2.57 bits per heavy atom. The lowest BCUT2D eigenvalue weighted by atomic mass is 10.1. The van der Waals surface area contributed by atoms with Gasteiger partial charge in [0, 0.05) is 25.7 Å². The van der Waals surface area contributed by atoms with Crippen molar-refractivity contribution in [2.45, 2.75) is 24.8 Å². The van der Waals surface area contributed by atoms with Crippen molar-refractivity contribution in [1.82, 2.24) is 9.62 Å². The van der Waals surface area contributed by atoms with E-state index in [1.807, 2.05) is 6.92 Å². The quantitative estimate of drug-likeness (QED) is 0.813. The molecule has 21 heavy (non-hydrogen) atoms. The molecule has 0 aliphatic carbocycles. The summed E-state index contributed by atoms with van der Waals surface area (Å²) in [5.41, 5.74) is 0.859. The van der Waals surface area contributed by atoms with Crippen LogP contribution in [0.5, 0.6) is 0 Å². The molecule has 0 atom stereocenters. The fourth-order valence-electron chi connectivity index (χ4n) is 2.35. The molecular formula is C14H20N2O4S. The number of carbonyl (C=O) groups excluding carboxylic acids is 1. The Morgan fingerprint density at radius 2 is 2.10 bits per heavy atom. The zero-order valence-electron chi connectivity index (χ0n) is 12.4. The van der Waals surface area contributed by atoms with Crippen molar-refractivity contribution in [2.24, 2.45) is 0 Å². The van der Waals surface area contributed by atoms with Crippen LogP contribution in [0.4, 0.5) is 0 Å². The summed E-state index contributed by atoms with van der Waals surface area (Å²) in [7, 11) is -2.35. The van der Waals surface area contributed by atoms with Gasteiger partial charge in [0.1, 0.15) is 0 Å². The number of likely N-dealkylation sites (N-methyl/N-ethyl adjacent to an activating group) is 1. The van der Waals surface area contributed by atoms with Crippen molar-refractivity contribution in [2.75, 3.05) is 26.7 Å². The fourth-order valence-corrected chi connectivity index (χ4v) is 4.24. The third-order valence-corrected chi connectivity index (χ3v) is 5.84. The predicted molar refractivity (Wildman–Crippen MR) is 78.7 cm³/mol. The number of nitrogens with one attached hydrogen (secondary N) is 1. The molecule has 0 bridgehead atoms. The van der Waals surface area contributed by atoms with Crippen molar-refractivity contribution < 1.29 is 17.9 Å². The van der Waals surface area contributed by atoms with Gasteiger partial charge >= 0.3 is 5.97 Å². The van der Waals surface area contributed by atoms with Crippen molar-refractivity contribution in [1.29, 1.82) is 0 Å². The maximum absolute atomic E-state index is 12.8. The van der Waals surface area contributed by atoms with Crippen LogP contribution in [0, 0.1) is 6.92 Å². The van der Waals surface area contributed by atoms with Crippen molar-refractivity contribution in [3.8, 4) is 0 Å². The number of carbonyl (C=O) groups is 1. The third kappa shape index (κ3) is 2.95. The van der Waals surface area contributed by atoms with Gasteiger partial charge in [0.05, 0.1) is 17.6 Å². The van der Waals surface area contributed by atoms with Crippen LogP contribution < -0.4 is 5.32 Å². The second-order valence-electron chi connectivity index (χ2n) is 4.99. The first-order chi connectivity index (χ1) is 9.91. The molecule has 1 aliphatic rings. The number of benzene rings is 1. The van der Waals surface area contributed by atoms with E-state index in [0.29, 0.717) is 25.2 Å². The molecule has 1 aromatic rings. The summed E-state index contributed by atoms with van der Waals surface area (Å²) < 4.78 is 31.8. The van der Waals surface area contributed by atoms with E-state index in [2.05, 4.69) is 10.1 Å². The van der Waals surface area contributed by atoms with E-state index in [1.54, 1.807) is 19.1 Å². The van der Waals surface area contributed by atoms with E-state index < -0.39 is 16.0 Å². The first kappa shape index (κ1) is 15.9. The minimum absolute atomic E-state index is 0.0267. The van der Waals surface area contributed by atoms with E-state index in [9.17, 15) is 13.2 Å². The number of sulfonamides is 1. The molecule has 1 aromatic carbocycles. The lowest BCUT2D eigenvalue weighted by Crippen LogP contribution is -2.58. The molecule has 0 aromatic heterocycles. The average Bonchev–Trinajstić information content (AvgIpc) is 2.41. The van der Waals surface area contributed by atoms with E-state index >= 15 is 0 Å². The van der Waals surface area contributed by atoms with Gasteiger partial charge in [0.25, 0.3) is 0 Å². The van der Waals surface area contributed by atoms with Crippen LogP contribution in [-0.2, 0) is 14.8 Å². The molecule has 0 amide bonds. The molecule has 0 spiro atoms. The van der Waals surface area contributed by atoms with E-state index in [-0.39, 0.29) is 16.5 Å². The van der Waals surface area contributed by atoms with Crippen LogP contribution in [0.25, 0.3) is 0 Å². The topological polar surface area (TPSA) is 75.7 Å². The minimum Gasteiger partial charge on any atom is -0.465 e. The number of ether oxygens (including phenoxy) is 1. The molecule has 1 saturated heterocycles. The average molecular weight is 312 g/mol. The Morgan fingerprint density at radius 1 is 1.43 bits per heavy atom. The zero-order chi connectivity index (χ0) is 15.6. The number of aryl methyl sites for hydroxylation is 1. The maximum atomic E-state index is 12.8. The molecule has 6 nitrogen and oxygen atoms in total. The van der Waals surface area contributed by atoms with Crippen molar-refractivity contribution >= 4 is 16.0 Å². The minimum atomic E-state index is -3.62. The van der Waals surface area contributed by atoms with Crippen molar-refractivity contribution in [3.05, 3.63) is 29.3 Å². The highest BCUT2D eigenvalue weighted by Crippen LogP contribution is 2.24. The summed E-state index contributed by atoms with van der Waals surface area (Å²) >= 11 is 0. The molecule has 0 radical (unpaired) electrons. The Labute approximate surface area is 125 Å². The van der Waals surface area contributed by atoms with E-state index in [0.717, 1.165) is 0 Å². The Balaban J connectivity index is 2.45. The predicted octanol–water partition coefficient (Wildman–Crippen LogP) is 0.764. The second-order valence-corrected chi connectivity index (χ2v) is 6.85. The van der Waals surface area contributed by atoms with Gasteiger partial charge in [-0.25, -0.2) is 13.2 Å². The van der Waals surface area contributed by atoms with E-state index in [4.69, 9.17) is 0 Å². The molecule has 1 N–H and O–H groups in total. The molecule has 1 aliphatic heterocycles. The standard InChI is InChI=1S/C14H20N2O4S/c1-4-16(12-8-15-9-12)21(18,19)13-7-11(14(17)20-3)6-5-10(13)2/h5-7,12,15H,4,8-9H2,1-3H3. The maximum Gasteiger partial charge on any atom is 0.337 e. The molecule has 1 fully saturated rings. The van der Waals surface area contributed by atoms with Crippen LogP contribution in [0.2, 0.25) is 0 Å². The number of esters is 1. The van der Waals surface area contributed by atoms with Crippen molar-refractivity contribution in [3.63, 3.8) is 0 Å². The second kappa shape index (κ2) is 6.13. The number of hydrogen-bond donors (Lipinski definition) is 1. The summed E-state index contributed by atoms with van der Waals surface area (Å²) in [5.74, 6) is -0.542. The summed E-state index contributed by atoms with van der Waals surface area (Å²) in [6, 6.07) is 4.57. The highest BCUT2D eigenvalue weighted by atomic mass is 32.2. The summed E-state index contributed by atoms with van der Waals surface area (Å²) in [6.07, 6.45) is 0. The molecular weight excluding hydrogens is 292 g/mol. The van der Waals surface area contributed by atoms with Crippen LogP contribution >= 0.6 is 0 Å². The lowest BCUT2D eigenvalue weighted by Gasteiger charge is -2.36. The molecule has 1 heterocycles. The fraction of sp³-hybridized carbons (Fsp3) is 0.500. The molecule has 7 heteroatoms. The number of rotatable bonds is 5. The van der Waals surface area contributed by atoms with Gasteiger partial charge in [0.2, 0.25) is 10.0 Å². The van der Waals surface area contributed by atoms with Crippen LogP contribution in [-0.4, -0.2) is 51.5 Å². The Hall–Kier alpha value is -1.44.